The number of carbonyl (C=O) groups is 1. The van der Waals surface area contributed by atoms with Gasteiger partial charge in [0.25, 0.3) is 0 Å². The molecule has 1 rings (SSSR count). The van der Waals surface area contributed by atoms with E-state index < -0.39 is 5.97 Å². The van der Waals surface area contributed by atoms with Gasteiger partial charge in [-0.2, -0.15) is 0 Å². The minimum absolute atomic E-state index is 0.349. The first-order valence-corrected chi connectivity index (χ1v) is 4.41. The van der Waals surface area contributed by atoms with Gasteiger partial charge in [-0.3, -0.25) is 4.89 Å². The molecule has 0 radical (unpaired) electrons. The number of benzene rings is 1. The first-order valence-electron chi connectivity index (χ1n) is 4.41. The van der Waals surface area contributed by atoms with Crippen LogP contribution in [0, 0.1) is 0 Å². The molecule has 0 saturated carbocycles. The number of carbonyl (C=O) groups excluding carboxylic acids is 1. The lowest BCUT2D eigenvalue weighted by Gasteiger charge is -2.03. The first kappa shape index (κ1) is 13.4. The van der Waals surface area contributed by atoms with Crippen LogP contribution in [0.5, 0.6) is 5.75 Å². The van der Waals surface area contributed by atoms with Crippen LogP contribution in [0.1, 0.15) is 0 Å². The molecule has 8 heteroatoms. The van der Waals surface area contributed by atoms with E-state index in [9.17, 15) is 4.79 Å². The Morgan fingerprint density at radius 3 is 2.47 bits per heavy atom. The maximum absolute atomic E-state index is 11.0. The molecule has 0 fully saturated rings. The topological polar surface area (TPSA) is 81.7 Å². The van der Waals surface area contributed by atoms with Gasteiger partial charge in [-0.25, -0.2) is 9.68 Å². The number of hydrogen-bond donors (Lipinski definition) is 0. The summed E-state index contributed by atoms with van der Waals surface area (Å²) in [7, 11) is 1.17. The van der Waals surface area contributed by atoms with E-state index in [2.05, 4.69) is 29.9 Å². The SMILES string of the molecule is COOOOOOC(=O)COc1ccccc1. The number of ether oxygens (including phenoxy) is 1. The van der Waals surface area contributed by atoms with Crippen LogP contribution in [0.2, 0.25) is 0 Å². The van der Waals surface area contributed by atoms with Crippen molar-refractivity contribution >= 4 is 5.97 Å². The summed E-state index contributed by atoms with van der Waals surface area (Å²) in [5.41, 5.74) is 0. The molecule has 0 aliphatic heterocycles. The zero-order valence-electron chi connectivity index (χ0n) is 8.86. The highest BCUT2D eigenvalue weighted by atomic mass is 17.8. The van der Waals surface area contributed by atoms with E-state index in [0.717, 1.165) is 0 Å². The summed E-state index contributed by atoms with van der Waals surface area (Å²) in [5.74, 6) is -0.306. The molecule has 0 N–H and O–H groups in total. The molecule has 8 nitrogen and oxygen atoms in total. The lowest BCUT2D eigenvalue weighted by molar-refractivity contribution is -0.747. The summed E-state index contributed by atoms with van der Waals surface area (Å²) in [6.45, 7) is -0.349. The highest BCUT2D eigenvalue weighted by Gasteiger charge is 2.06. The maximum Gasteiger partial charge on any atom is 0.382 e. The molecule has 0 amide bonds. The van der Waals surface area contributed by atoms with Crippen molar-refractivity contribution in [2.45, 2.75) is 0 Å². The zero-order valence-corrected chi connectivity index (χ0v) is 8.86. The van der Waals surface area contributed by atoms with Crippen LogP contribution in [-0.2, 0) is 34.7 Å². The summed E-state index contributed by atoms with van der Waals surface area (Å²) in [5, 5.41) is 15.1. The van der Waals surface area contributed by atoms with Gasteiger partial charge in [-0.15, -0.1) is 0 Å². The molecule has 1 aromatic carbocycles. The van der Waals surface area contributed by atoms with Crippen LogP contribution in [0.25, 0.3) is 0 Å². The monoisotopic (exact) mass is 246 g/mol. The predicted molar refractivity (Wildman–Crippen MR) is 49.4 cm³/mol. The second-order valence-electron chi connectivity index (χ2n) is 2.50. The van der Waals surface area contributed by atoms with Crippen LogP contribution in [0.3, 0.4) is 0 Å². The van der Waals surface area contributed by atoms with Crippen LogP contribution < -0.4 is 4.74 Å². The molecular weight excluding hydrogens is 236 g/mol. The van der Waals surface area contributed by atoms with Gasteiger partial charge in [0, 0.05) is 10.1 Å². The fourth-order valence-electron chi connectivity index (χ4n) is 0.785. The van der Waals surface area contributed by atoms with Crippen molar-refractivity contribution in [1.29, 1.82) is 0 Å². The Balaban J connectivity index is 2.05. The molecule has 0 spiro atoms. The number of hydrogen-bond acceptors (Lipinski definition) is 8. The van der Waals surface area contributed by atoms with Gasteiger partial charge in [-0.1, -0.05) is 18.2 Å². The van der Waals surface area contributed by atoms with Crippen molar-refractivity contribution < 1.29 is 39.5 Å². The van der Waals surface area contributed by atoms with Crippen LogP contribution >= 0.6 is 0 Å². The van der Waals surface area contributed by atoms with Gasteiger partial charge in [0.05, 0.1) is 7.11 Å². The Morgan fingerprint density at radius 1 is 1.06 bits per heavy atom. The first-order chi connectivity index (χ1) is 8.33. The highest BCUT2D eigenvalue weighted by Crippen LogP contribution is 2.07. The Bertz CT molecular complexity index is 314. The minimum atomic E-state index is -0.824. The summed E-state index contributed by atoms with van der Waals surface area (Å²) < 4.78 is 5.04. The third kappa shape index (κ3) is 6.45. The van der Waals surface area contributed by atoms with Crippen LogP contribution in [0.15, 0.2) is 30.3 Å². The molecule has 0 atom stereocenters. The molecule has 94 valence electrons. The quantitative estimate of drug-likeness (QED) is 0.380. The fraction of sp³-hybridized carbons (Fsp3) is 0.222. The van der Waals surface area contributed by atoms with E-state index in [-0.39, 0.29) is 6.61 Å². The van der Waals surface area contributed by atoms with Gasteiger partial charge in [0.15, 0.2) is 6.61 Å². The van der Waals surface area contributed by atoms with Gasteiger partial charge in [0.1, 0.15) is 5.75 Å². The molecule has 0 aliphatic rings. The van der Waals surface area contributed by atoms with Crippen LogP contribution in [-0.4, -0.2) is 19.7 Å². The Morgan fingerprint density at radius 2 is 1.76 bits per heavy atom. The second kappa shape index (κ2) is 8.44. The Hall–Kier alpha value is -1.71. The molecule has 0 aromatic heterocycles. The van der Waals surface area contributed by atoms with E-state index in [1.165, 1.54) is 7.11 Å². The van der Waals surface area contributed by atoms with Crippen molar-refractivity contribution in [1.82, 2.24) is 0 Å². The predicted octanol–water partition coefficient (Wildman–Crippen LogP) is 0.896. The normalized spacial score (nSPS) is 9.94. The van der Waals surface area contributed by atoms with Gasteiger partial charge in [0.2, 0.25) is 0 Å². The Labute approximate surface area is 96.1 Å². The van der Waals surface area contributed by atoms with Gasteiger partial charge < -0.3 is 4.74 Å². The largest absolute Gasteiger partial charge is 0.482 e. The molecule has 17 heavy (non-hydrogen) atoms. The highest BCUT2D eigenvalue weighted by molar-refractivity contribution is 5.70. The average molecular weight is 246 g/mol. The van der Waals surface area contributed by atoms with E-state index in [1.807, 2.05) is 6.07 Å². The van der Waals surface area contributed by atoms with E-state index in [0.29, 0.717) is 5.75 Å². The van der Waals surface area contributed by atoms with Crippen LogP contribution in [0.4, 0.5) is 0 Å². The molecule has 0 saturated heterocycles. The Kier molecular flexibility index (Phi) is 6.63. The molecule has 0 heterocycles. The lowest BCUT2D eigenvalue weighted by Crippen LogP contribution is -2.15. The summed E-state index contributed by atoms with van der Waals surface area (Å²) >= 11 is 0. The van der Waals surface area contributed by atoms with Crippen molar-refractivity contribution in [3.05, 3.63) is 30.3 Å². The smallest absolute Gasteiger partial charge is 0.382 e. The molecule has 0 aliphatic carbocycles. The van der Waals surface area contributed by atoms with Gasteiger partial charge >= 0.3 is 5.97 Å². The molecule has 0 unspecified atom stereocenters. The van der Waals surface area contributed by atoms with E-state index in [1.54, 1.807) is 24.3 Å². The number of para-hydroxylation sites is 1. The maximum atomic E-state index is 11.0. The third-order valence-corrected chi connectivity index (χ3v) is 1.38. The van der Waals surface area contributed by atoms with Crippen molar-refractivity contribution in [2.24, 2.45) is 0 Å². The van der Waals surface area contributed by atoms with Crippen molar-refractivity contribution in [3.63, 3.8) is 0 Å². The lowest BCUT2D eigenvalue weighted by atomic mass is 10.3. The van der Waals surface area contributed by atoms with E-state index >= 15 is 0 Å². The van der Waals surface area contributed by atoms with Crippen molar-refractivity contribution in [2.75, 3.05) is 13.7 Å². The standard InChI is InChI=1S/C9H10O8/c1-11-14-16-17-15-13-9(10)7-12-8-5-3-2-4-6-8/h2-6H,7H2,1H3. The third-order valence-electron chi connectivity index (χ3n) is 1.38. The zero-order chi connectivity index (χ0) is 12.3. The van der Waals surface area contributed by atoms with E-state index in [4.69, 9.17) is 4.74 Å². The summed E-state index contributed by atoms with van der Waals surface area (Å²) in [4.78, 5) is 19.0. The number of rotatable bonds is 8. The molecule has 1 aromatic rings. The minimum Gasteiger partial charge on any atom is -0.482 e. The average Bonchev–Trinajstić information content (AvgIpc) is 2.37. The summed E-state index contributed by atoms with van der Waals surface area (Å²) in [6, 6.07) is 8.70. The molecule has 0 bridgehead atoms. The molecular formula is C9H10O8. The van der Waals surface area contributed by atoms with Gasteiger partial charge in [-0.05, 0) is 22.2 Å². The fourth-order valence-corrected chi connectivity index (χ4v) is 0.785. The summed E-state index contributed by atoms with van der Waals surface area (Å²) in [6.07, 6.45) is 0. The second-order valence-corrected chi connectivity index (χ2v) is 2.50. The van der Waals surface area contributed by atoms with Crippen molar-refractivity contribution in [3.8, 4) is 5.75 Å².